The molecular weight excluding hydrogens is 536 g/mol. The Labute approximate surface area is 243 Å². The number of carboxylic acid groups (broad SMARTS) is 1. The maximum absolute atomic E-state index is 13.7. The van der Waals surface area contributed by atoms with Crippen LogP contribution >= 0.6 is 0 Å². The highest BCUT2D eigenvalue weighted by Gasteiger charge is 2.31. The third-order valence-electron chi connectivity index (χ3n) is 7.47. The van der Waals surface area contributed by atoms with E-state index >= 15 is 0 Å². The number of nitriles is 1. The lowest BCUT2D eigenvalue weighted by Crippen LogP contribution is -2.36. The van der Waals surface area contributed by atoms with E-state index in [9.17, 15) is 19.6 Å². The summed E-state index contributed by atoms with van der Waals surface area (Å²) in [5, 5.41) is 27.2. The van der Waals surface area contributed by atoms with Gasteiger partial charge in [-0.3, -0.25) is 9.59 Å². The molecule has 3 aromatic rings. The molecule has 0 radical (unpaired) electrons. The van der Waals surface area contributed by atoms with E-state index < -0.39 is 18.2 Å². The molecule has 0 spiro atoms. The Hall–Kier alpha value is -5.17. The Bertz CT molecular complexity index is 1550. The molecule has 3 aromatic carbocycles. The largest absolute Gasteiger partial charge is 0.506 e. The Morgan fingerprint density at radius 1 is 1.12 bits per heavy atom. The normalized spacial score (nSPS) is 17.2. The van der Waals surface area contributed by atoms with E-state index in [0.717, 1.165) is 27.8 Å². The summed E-state index contributed by atoms with van der Waals surface area (Å²) in [6.07, 6.45) is -0.819. The molecule has 1 aliphatic carbocycles. The zero-order valence-corrected chi connectivity index (χ0v) is 23.0. The molecule has 2 amide bonds. The van der Waals surface area contributed by atoms with Gasteiger partial charge in [0.05, 0.1) is 18.5 Å². The van der Waals surface area contributed by atoms with Gasteiger partial charge in [-0.2, -0.15) is 5.26 Å². The van der Waals surface area contributed by atoms with Crippen LogP contribution in [0, 0.1) is 17.2 Å². The van der Waals surface area contributed by atoms with Crippen LogP contribution in [0.5, 0.6) is 0 Å². The number of rotatable bonds is 9. The minimum Gasteiger partial charge on any atom is -0.466 e. The van der Waals surface area contributed by atoms with Crippen LogP contribution in [0.4, 0.5) is 10.5 Å². The number of hydrogen-bond donors (Lipinski definition) is 2. The predicted molar refractivity (Wildman–Crippen MR) is 153 cm³/mol. The summed E-state index contributed by atoms with van der Waals surface area (Å²) in [5.74, 6) is -1.04. The first-order chi connectivity index (χ1) is 20.3. The van der Waals surface area contributed by atoms with E-state index in [4.69, 9.17) is 14.6 Å². The van der Waals surface area contributed by atoms with E-state index in [1.807, 2.05) is 73.7 Å². The van der Waals surface area contributed by atoms with Gasteiger partial charge >= 0.3 is 6.16 Å². The van der Waals surface area contributed by atoms with Crippen molar-refractivity contribution in [3.63, 3.8) is 0 Å². The molecule has 0 aromatic heterocycles. The summed E-state index contributed by atoms with van der Waals surface area (Å²) >= 11 is 0. The number of nitrogens with one attached hydrogen (secondary N) is 1. The number of carbonyl (C=O) groups is 3. The van der Waals surface area contributed by atoms with Gasteiger partial charge in [0.2, 0.25) is 11.8 Å². The average molecular weight is 567 g/mol. The monoisotopic (exact) mass is 566 g/mol. The summed E-state index contributed by atoms with van der Waals surface area (Å²) < 4.78 is 10.5. The van der Waals surface area contributed by atoms with Gasteiger partial charge in [0.15, 0.2) is 6.61 Å². The highest BCUT2D eigenvalue weighted by molar-refractivity contribution is 5.98. The molecule has 0 bridgehead atoms. The Morgan fingerprint density at radius 3 is 2.60 bits per heavy atom. The van der Waals surface area contributed by atoms with Crippen LogP contribution in [0.1, 0.15) is 47.1 Å². The van der Waals surface area contributed by atoms with Crippen LogP contribution in [0.15, 0.2) is 77.9 Å². The van der Waals surface area contributed by atoms with E-state index in [2.05, 4.69) is 16.5 Å². The molecule has 3 unspecified atom stereocenters. The molecule has 1 aliphatic heterocycles. The fraction of sp³-hybridized carbons (Fsp3) is 0.281. The van der Waals surface area contributed by atoms with Crippen molar-refractivity contribution in [2.24, 2.45) is 11.0 Å². The van der Waals surface area contributed by atoms with Gasteiger partial charge in [-0.1, -0.05) is 61.5 Å². The lowest BCUT2D eigenvalue weighted by Gasteiger charge is -2.25. The van der Waals surface area contributed by atoms with Crippen molar-refractivity contribution in [1.82, 2.24) is 5.01 Å². The van der Waals surface area contributed by atoms with E-state index in [1.165, 1.54) is 5.01 Å². The molecule has 0 saturated carbocycles. The fourth-order valence-corrected chi connectivity index (χ4v) is 5.41. The molecule has 1 heterocycles. The van der Waals surface area contributed by atoms with Crippen LogP contribution in [0.3, 0.4) is 0 Å². The number of anilines is 1. The fourth-order valence-electron chi connectivity index (χ4n) is 5.41. The maximum Gasteiger partial charge on any atom is 0.506 e. The van der Waals surface area contributed by atoms with E-state index in [0.29, 0.717) is 24.4 Å². The van der Waals surface area contributed by atoms with Gasteiger partial charge in [0, 0.05) is 30.5 Å². The van der Waals surface area contributed by atoms with Gasteiger partial charge in [-0.15, -0.1) is 5.10 Å². The topological polar surface area (TPSA) is 141 Å². The van der Waals surface area contributed by atoms with Crippen LogP contribution in [0.2, 0.25) is 0 Å². The van der Waals surface area contributed by atoms with Gasteiger partial charge < -0.3 is 19.9 Å². The zero-order valence-electron chi connectivity index (χ0n) is 23.0. The Balaban J connectivity index is 1.33. The molecule has 2 aliphatic rings. The van der Waals surface area contributed by atoms with Crippen LogP contribution < -0.4 is 5.32 Å². The van der Waals surface area contributed by atoms with Gasteiger partial charge in [-0.05, 0) is 46.4 Å². The number of benzene rings is 3. The Morgan fingerprint density at radius 2 is 1.88 bits per heavy atom. The zero-order chi connectivity index (χ0) is 29.6. The van der Waals surface area contributed by atoms with Crippen LogP contribution in [-0.4, -0.2) is 46.7 Å². The maximum atomic E-state index is 13.7. The van der Waals surface area contributed by atoms with Crippen LogP contribution in [-0.2, 0) is 38.4 Å². The minimum absolute atomic E-state index is 0.105. The van der Waals surface area contributed by atoms with E-state index in [1.54, 1.807) is 6.07 Å². The molecular formula is C32H30N4O6. The molecule has 5 rings (SSSR count). The van der Waals surface area contributed by atoms with Crippen molar-refractivity contribution in [1.29, 1.82) is 5.26 Å². The first-order valence-corrected chi connectivity index (χ1v) is 13.7. The second-order valence-electron chi connectivity index (χ2n) is 10.4. The highest BCUT2D eigenvalue weighted by atomic mass is 16.7. The van der Waals surface area contributed by atoms with Gasteiger partial charge in [0.1, 0.15) is 6.10 Å². The van der Waals surface area contributed by atoms with Crippen molar-refractivity contribution >= 4 is 29.6 Å². The third-order valence-corrected chi connectivity index (χ3v) is 7.47. The third kappa shape index (κ3) is 6.41. The molecule has 10 nitrogen and oxygen atoms in total. The van der Waals surface area contributed by atoms with Crippen molar-refractivity contribution < 1.29 is 29.0 Å². The molecule has 0 fully saturated rings. The SMILES string of the molecule is CC(CC#N)C(C(=O)Nc1cccc2c1CC(OC(=O)O)C2)c1ccc(CN2N=C(c3ccccc3)OCC2=O)cc1. The summed E-state index contributed by atoms with van der Waals surface area (Å²) in [6.45, 7) is 1.99. The first-order valence-electron chi connectivity index (χ1n) is 13.7. The highest BCUT2D eigenvalue weighted by Crippen LogP contribution is 2.33. The van der Waals surface area contributed by atoms with Crippen LogP contribution in [0.25, 0.3) is 0 Å². The number of fused-ring (bicyclic) bond motifs is 1. The first kappa shape index (κ1) is 28.4. The van der Waals surface area contributed by atoms with Gasteiger partial charge in [0.25, 0.3) is 5.91 Å². The molecule has 2 N–H and O–H groups in total. The van der Waals surface area contributed by atoms with Crippen molar-refractivity contribution in [2.75, 3.05) is 11.9 Å². The van der Waals surface area contributed by atoms with E-state index in [-0.39, 0.29) is 37.3 Å². The number of hydrogen-bond acceptors (Lipinski definition) is 7. The summed E-state index contributed by atoms with van der Waals surface area (Å²) in [7, 11) is 0. The smallest absolute Gasteiger partial charge is 0.466 e. The van der Waals surface area contributed by atoms with Crippen molar-refractivity contribution in [3.05, 3.63) is 101 Å². The lowest BCUT2D eigenvalue weighted by molar-refractivity contribution is -0.136. The number of hydrazone groups is 1. The summed E-state index contributed by atoms with van der Waals surface area (Å²) in [5.41, 5.74) is 4.73. The second-order valence-corrected chi connectivity index (χ2v) is 10.4. The van der Waals surface area contributed by atoms with Gasteiger partial charge in [-0.25, -0.2) is 9.80 Å². The number of carbonyl (C=O) groups excluding carboxylic acids is 2. The quantitative estimate of drug-likeness (QED) is 0.353. The Kier molecular flexibility index (Phi) is 8.48. The lowest BCUT2D eigenvalue weighted by atomic mass is 9.84. The summed E-state index contributed by atoms with van der Waals surface area (Å²) in [6, 6.07) is 24.4. The summed E-state index contributed by atoms with van der Waals surface area (Å²) in [4.78, 5) is 37.2. The standard InChI is InChI=1S/C32H30N4O6/c1-20(14-15-33)29(30(38)34-27-9-5-8-24-16-25(17-26(24)27)42-32(39)40)22-12-10-21(11-13-22)18-36-28(37)19-41-31(35-36)23-6-3-2-4-7-23/h2-13,20,25,29H,14,16-19H2,1H3,(H,34,38)(H,39,40). The molecule has 42 heavy (non-hydrogen) atoms. The second kappa shape index (κ2) is 12.6. The van der Waals surface area contributed by atoms with Crippen molar-refractivity contribution in [2.45, 2.75) is 44.8 Å². The molecule has 214 valence electrons. The molecule has 3 atom stereocenters. The average Bonchev–Trinajstić information content (AvgIpc) is 3.39. The predicted octanol–water partition coefficient (Wildman–Crippen LogP) is 4.84. The number of amides is 2. The number of ether oxygens (including phenoxy) is 2. The molecule has 10 heteroatoms. The minimum atomic E-state index is -1.33. The molecule has 0 saturated heterocycles. The van der Waals surface area contributed by atoms with Crippen molar-refractivity contribution in [3.8, 4) is 6.07 Å². The number of nitrogens with zero attached hydrogens (tertiary/aromatic N) is 3.